The van der Waals surface area contributed by atoms with Crippen molar-refractivity contribution >= 4 is 30.1 Å². The summed E-state index contributed by atoms with van der Waals surface area (Å²) in [7, 11) is 0. The Labute approximate surface area is 143 Å². The van der Waals surface area contributed by atoms with Gasteiger partial charge >= 0.3 is 5.97 Å². The highest BCUT2D eigenvalue weighted by Gasteiger charge is 2.07. The lowest BCUT2D eigenvalue weighted by Gasteiger charge is -2.03. The molecule has 1 aromatic heterocycles. The van der Waals surface area contributed by atoms with E-state index in [-0.39, 0.29) is 22.2 Å². The summed E-state index contributed by atoms with van der Waals surface area (Å²) in [4.78, 5) is 32.3. The zero-order chi connectivity index (χ0) is 17.5. The van der Waals surface area contributed by atoms with E-state index in [2.05, 4.69) is 15.0 Å². The van der Waals surface area contributed by atoms with Crippen molar-refractivity contribution in [1.82, 2.24) is 9.97 Å². The highest BCUT2D eigenvalue weighted by Crippen LogP contribution is 2.15. The highest BCUT2D eigenvalue weighted by molar-refractivity contribution is 7.71. The molecule has 0 bridgehead atoms. The van der Waals surface area contributed by atoms with Gasteiger partial charge in [0.25, 0.3) is 5.56 Å². The summed E-state index contributed by atoms with van der Waals surface area (Å²) >= 11 is 4.74. The maximum atomic E-state index is 11.8. The third-order valence-corrected chi connectivity index (χ3v) is 3.34. The molecular formula is C16H17N3O4S. The van der Waals surface area contributed by atoms with E-state index < -0.39 is 5.56 Å². The number of unbranched alkanes of at least 4 members (excludes halogenated alkanes) is 1. The first-order valence-electron chi connectivity index (χ1n) is 7.38. The number of hydrogen-bond donors (Lipinski definition) is 3. The molecule has 0 saturated heterocycles. The summed E-state index contributed by atoms with van der Waals surface area (Å²) in [6.45, 7) is 2.41. The van der Waals surface area contributed by atoms with Crippen molar-refractivity contribution in [1.29, 1.82) is 0 Å². The SMILES string of the molecule is CCCCOC(=O)c1ccc(N=Cc2c(O)[nH]c(=S)[nH]c2=O)cc1. The lowest BCUT2D eigenvalue weighted by Crippen LogP contribution is -2.13. The lowest BCUT2D eigenvalue weighted by atomic mass is 10.2. The molecule has 0 aliphatic rings. The molecule has 1 heterocycles. The van der Waals surface area contributed by atoms with Crippen LogP contribution in [0.2, 0.25) is 0 Å². The van der Waals surface area contributed by atoms with E-state index in [0.717, 1.165) is 12.8 Å². The van der Waals surface area contributed by atoms with Crippen molar-refractivity contribution < 1.29 is 14.6 Å². The molecule has 7 nitrogen and oxygen atoms in total. The van der Waals surface area contributed by atoms with Gasteiger partial charge in [-0.15, -0.1) is 0 Å². The van der Waals surface area contributed by atoms with Crippen molar-refractivity contribution in [2.75, 3.05) is 6.61 Å². The molecule has 2 rings (SSSR count). The van der Waals surface area contributed by atoms with Gasteiger partial charge in [-0.3, -0.25) is 14.8 Å². The Morgan fingerprint density at radius 2 is 2.04 bits per heavy atom. The average Bonchev–Trinajstić information content (AvgIpc) is 2.54. The number of ether oxygens (including phenoxy) is 1. The average molecular weight is 347 g/mol. The predicted octanol–water partition coefficient (Wildman–Crippen LogP) is 2.85. The number of esters is 1. The number of aliphatic imine (C=N–C) groups is 1. The fraction of sp³-hybridized carbons (Fsp3) is 0.250. The standard InChI is InChI=1S/C16H17N3O4S/c1-2-3-8-23-15(22)10-4-6-11(7-5-10)17-9-12-13(20)18-16(24)19-14(12)21/h4-7,9H,2-3,8H2,1H3,(H3,18,19,20,21,24). The van der Waals surface area contributed by atoms with Crippen LogP contribution in [-0.2, 0) is 4.74 Å². The molecule has 0 spiro atoms. The summed E-state index contributed by atoms with van der Waals surface area (Å²) in [5.74, 6) is -0.743. The van der Waals surface area contributed by atoms with Gasteiger partial charge in [-0.25, -0.2) is 4.79 Å². The number of carbonyl (C=O) groups excluding carboxylic acids is 1. The van der Waals surface area contributed by atoms with Gasteiger partial charge in [0, 0.05) is 6.21 Å². The number of carbonyl (C=O) groups is 1. The third kappa shape index (κ3) is 4.63. The second-order valence-electron chi connectivity index (χ2n) is 4.97. The lowest BCUT2D eigenvalue weighted by molar-refractivity contribution is 0.0500. The molecule has 1 aromatic carbocycles. The number of nitrogens with one attached hydrogen (secondary N) is 2. The van der Waals surface area contributed by atoms with E-state index in [4.69, 9.17) is 17.0 Å². The molecule has 0 fully saturated rings. The first-order chi connectivity index (χ1) is 11.5. The number of rotatable bonds is 6. The number of H-pyrrole nitrogens is 2. The number of aromatic amines is 2. The second kappa shape index (κ2) is 8.21. The Morgan fingerprint density at radius 3 is 2.67 bits per heavy atom. The Hall–Kier alpha value is -2.74. The molecule has 0 atom stereocenters. The van der Waals surface area contributed by atoms with Gasteiger partial charge in [-0.05, 0) is 42.9 Å². The number of aromatic nitrogens is 2. The summed E-state index contributed by atoms with van der Waals surface area (Å²) in [6, 6.07) is 6.40. The fourth-order valence-electron chi connectivity index (χ4n) is 1.82. The summed E-state index contributed by atoms with van der Waals surface area (Å²) < 4.78 is 5.14. The number of aromatic hydroxyl groups is 1. The van der Waals surface area contributed by atoms with Crippen LogP contribution < -0.4 is 5.56 Å². The van der Waals surface area contributed by atoms with Gasteiger partial charge in [0.05, 0.1) is 17.9 Å². The first kappa shape index (κ1) is 17.6. The van der Waals surface area contributed by atoms with Crippen LogP contribution in [0.25, 0.3) is 0 Å². The van der Waals surface area contributed by atoms with Gasteiger partial charge in [-0.1, -0.05) is 13.3 Å². The normalized spacial score (nSPS) is 10.9. The number of hydrogen-bond acceptors (Lipinski definition) is 6. The topological polar surface area (TPSA) is 108 Å². The predicted molar refractivity (Wildman–Crippen MR) is 92.8 cm³/mol. The molecule has 24 heavy (non-hydrogen) atoms. The Kier molecular flexibility index (Phi) is 6.02. The van der Waals surface area contributed by atoms with Crippen LogP contribution >= 0.6 is 12.2 Å². The van der Waals surface area contributed by atoms with E-state index in [1.54, 1.807) is 24.3 Å². The zero-order valence-electron chi connectivity index (χ0n) is 13.0. The molecule has 0 aliphatic heterocycles. The van der Waals surface area contributed by atoms with Crippen LogP contribution in [0, 0.1) is 4.77 Å². The molecule has 0 amide bonds. The summed E-state index contributed by atoms with van der Waals surface area (Å²) in [5, 5.41) is 9.68. The molecular weight excluding hydrogens is 330 g/mol. The second-order valence-corrected chi connectivity index (χ2v) is 5.37. The Bertz CT molecular complexity index is 853. The van der Waals surface area contributed by atoms with E-state index >= 15 is 0 Å². The van der Waals surface area contributed by atoms with E-state index in [1.165, 1.54) is 6.21 Å². The van der Waals surface area contributed by atoms with Gasteiger partial charge in [0.1, 0.15) is 5.56 Å². The number of benzene rings is 1. The Balaban J connectivity index is 2.10. The van der Waals surface area contributed by atoms with Crippen molar-refractivity contribution in [3.63, 3.8) is 0 Å². The number of nitrogens with zero attached hydrogens (tertiary/aromatic N) is 1. The molecule has 0 aliphatic carbocycles. The monoisotopic (exact) mass is 347 g/mol. The zero-order valence-corrected chi connectivity index (χ0v) is 13.9. The van der Waals surface area contributed by atoms with Crippen LogP contribution in [0.4, 0.5) is 5.69 Å². The largest absolute Gasteiger partial charge is 0.494 e. The molecule has 126 valence electrons. The van der Waals surface area contributed by atoms with Crippen molar-refractivity contribution in [3.05, 3.63) is 50.5 Å². The fourth-order valence-corrected chi connectivity index (χ4v) is 2.01. The van der Waals surface area contributed by atoms with Crippen LogP contribution in [0.3, 0.4) is 0 Å². The van der Waals surface area contributed by atoms with Crippen molar-refractivity contribution in [2.24, 2.45) is 4.99 Å². The van der Waals surface area contributed by atoms with Crippen LogP contribution in [0.5, 0.6) is 5.88 Å². The summed E-state index contributed by atoms with van der Waals surface area (Å²) in [6.07, 6.45) is 3.00. The maximum Gasteiger partial charge on any atom is 0.338 e. The van der Waals surface area contributed by atoms with Gasteiger partial charge in [0.2, 0.25) is 5.88 Å². The van der Waals surface area contributed by atoms with E-state index in [1.807, 2.05) is 6.92 Å². The molecule has 0 unspecified atom stereocenters. The van der Waals surface area contributed by atoms with E-state index in [0.29, 0.717) is 17.9 Å². The van der Waals surface area contributed by atoms with Crippen LogP contribution in [-0.4, -0.2) is 33.9 Å². The molecule has 2 aromatic rings. The van der Waals surface area contributed by atoms with Crippen LogP contribution in [0.15, 0.2) is 34.1 Å². The maximum absolute atomic E-state index is 11.8. The molecule has 0 radical (unpaired) electrons. The van der Waals surface area contributed by atoms with E-state index in [9.17, 15) is 14.7 Å². The quantitative estimate of drug-likeness (QED) is 0.322. The van der Waals surface area contributed by atoms with Gasteiger partial charge < -0.3 is 14.8 Å². The van der Waals surface area contributed by atoms with Crippen molar-refractivity contribution in [2.45, 2.75) is 19.8 Å². The smallest absolute Gasteiger partial charge is 0.338 e. The Morgan fingerprint density at radius 1 is 1.33 bits per heavy atom. The van der Waals surface area contributed by atoms with Crippen LogP contribution in [0.1, 0.15) is 35.7 Å². The molecule has 3 N–H and O–H groups in total. The minimum Gasteiger partial charge on any atom is -0.494 e. The first-order valence-corrected chi connectivity index (χ1v) is 7.79. The molecule has 0 saturated carbocycles. The van der Waals surface area contributed by atoms with Gasteiger partial charge in [0.15, 0.2) is 4.77 Å². The minimum absolute atomic E-state index is 0.0283. The molecule has 8 heteroatoms. The third-order valence-electron chi connectivity index (χ3n) is 3.14. The van der Waals surface area contributed by atoms with Gasteiger partial charge in [-0.2, -0.15) is 0 Å². The highest BCUT2D eigenvalue weighted by atomic mass is 32.1. The van der Waals surface area contributed by atoms with Crippen molar-refractivity contribution in [3.8, 4) is 5.88 Å². The minimum atomic E-state index is -0.545. The summed E-state index contributed by atoms with van der Waals surface area (Å²) in [5.41, 5.74) is 0.360.